The average molecular weight is 229 g/mol. The molecule has 17 heavy (non-hydrogen) atoms. The average Bonchev–Trinajstić information content (AvgIpc) is 2.85. The van der Waals surface area contributed by atoms with Gasteiger partial charge in [-0.1, -0.05) is 18.2 Å². The highest BCUT2D eigenvalue weighted by Gasteiger charge is 2.57. The first-order chi connectivity index (χ1) is 8.16. The maximum absolute atomic E-state index is 12.2. The summed E-state index contributed by atoms with van der Waals surface area (Å²) >= 11 is 0. The van der Waals surface area contributed by atoms with Gasteiger partial charge in [-0.2, -0.15) is 10.2 Å². The van der Waals surface area contributed by atoms with Crippen LogP contribution in [-0.4, -0.2) is 18.2 Å². The van der Waals surface area contributed by atoms with E-state index in [1.807, 2.05) is 24.3 Å². The van der Waals surface area contributed by atoms with Gasteiger partial charge in [0.1, 0.15) is 5.78 Å². The minimum absolute atomic E-state index is 0.0538. The number of anilines is 1. The Labute approximate surface area is 97.9 Å². The van der Waals surface area contributed by atoms with Crippen LogP contribution >= 0.6 is 0 Å². The summed E-state index contributed by atoms with van der Waals surface area (Å²) in [5.41, 5.74) is 0.360. The SMILES string of the molecule is CC(=O)C1CN=NC12C(=O)Nc1ccccc12. The van der Waals surface area contributed by atoms with Gasteiger partial charge in [0.05, 0.1) is 12.5 Å². The fourth-order valence-corrected chi connectivity index (χ4v) is 2.57. The molecule has 0 saturated carbocycles. The molecule has 0 bridgehead atoms. The molecule has 0 aliphatic carbocycles. The quantitative estimate of drug-likeness (QED) is 0.792. The van der Waals surface area contributed by atoms with E-state index in [1.54, 1.807) is 0 Å². The van der Waals surface area contributed by atoms with Crippen LogP contribution in [0.1, 0.15) is 12.5 Å². The molecule has 5 heteroatoms. The van der Waals surface area contributed by atoms with E-state index in [1.165, 1.54) is 6.92 Å². The van der Waals surface area contributed by atoms with Gasteiger partial charge in [0.2, 0.25) is 0 Å². The first kappa shape index (κ1) is 10.1. The fraction of sp³-hybridized carbons (Fsp3) is 0.333. The molecule has 1 spiro atoms. The highest BCUT2D eigenvalue weighted by Crippen LogP contribution is 2.47. The van der Waals surface area contributed by atoms with Crippen molar-refractivity contribution in [2.75, 3.05) is 11.9 Å². The molecule has 5 nitrogen and oxygen atoms in total. The molecule has 0 radical (unpaired) electrons. The Bertz CT molecular complexity index is 552. The topological polar surface area (TPSA) is 70.9 Å². The zero-order valence-electron chi connectivity index (χ0n) is 9.30. The van der Waals surface area contributed by atoms with Crippen LogP contribution in [0.4, 0.5) is 5.69 Å². The first-order valence-electron chi connectivity index (χ1n) is 5.46. The molecule has 2 heterocycles. The zero-order chi connectivity index (χ0) is 12.0. The molecule has 1 N–H and O–H groups in total. The number of hydrogen-bond acceptors (Lipinski definition) is 4. The van der Waals surface area contributed by atoms with E-state index in [9.17, 15) is 9.59 Å². The van der Waals surface area contributed by atoms with E-state index < -0.39 is 11.5 Å². The lowest BCUT2D eigenvalue weighted by Gasteiger charge is -2.22. The standard InChI is InChI=1S/C12H11N3O2/c1-7(16)9-6-13-15-12(9)8-4-2-3-5-10(8)14-11(12)17/h2-5,9H,6H2,1H3,(H,14,17). The number of carbonyl (C=O) groups excluding carboxylic acids is 2. The minimum atomic E-state index is -1.12. The summed E-state index contributed by atoms with van der Waals surface area (Å²) in [5.74, 6) is -0.784. The van der Waals surface area contributed by atoms with Crippen LogP contribution in [0.25, 0.3) is 0 Å². The van der Waals surface area contributed by atoms with Crippen LogP contribution in [-0.2, 0) is 15.1 Å². The molecule has 86 valence electrons. The van der Waals surface area contributed by atoms with Gasteiger partial charge in [-0.15, -0.1) is 0 Å². The molecule has 0 fully saturated rings. The fourth-order valence-electron chi connectivity index (χ4n) is 2.57. The summed E-state index contributed by atoms with van der Waals surface area (Å²) in [5, 5.41) is 10.8. The third-order valence-corrected chi connectivity index (χ3v) is 3.42. The summed E-state index contributed by atoms with van der Waals surface area (Å²) in [6.45, 7) is 1.77. The van der Waals surface area contributed by atoms with Gasteiger partial charge < -0.3 is 5.32 Å². The van der Waals surface area contributed by atoms with Gasteiger partial charge in [0.25, 0.3) is 5.91 Å². The van der Waals surface area contributed by atoms with Crippen molar-refractivity contribution in [1.82, 2.24) is 0 Å². The predicted molar refractivity (Wildman–Crippen MR) is 60.6 cm³/mol. The maximum Gasteiger partial charge on any atom is 0.259 e. The first-order valence-corrected chi connectivity index (χ1v) is 5.46. The molecule has 1 amide bonds. The third kappa shape index (κ3) is 1.13. The van der Waals surface area contributed by atoms with E-state index in [-0.39, 0.29) is 18.2 Å². The predicted octanol–water partition coefficient (Wildman–Crippen LogP) is 1.50. The van der Waals surface area contributed by atoms with Crippen molar-refractivity contribution >= 4 is 17.4 Å². The lowest BCUT2D eigenvalue weighted by Crippen LogP contribution is -2.41. The molecule has 3 rings (SSSR count). The van der Waals surface area contributed by atoms with Gasteiger partial charge >= 0.3 is 0 Å². The van der Waals surface area contributed by atoms with Crippen molar-refractivity contribution in [3.63, 3.8) is 0 Å². The molecule has 2 aliphatic heterocycles. The second-order valence-electron chi connectivity index (χ2n) is 4.35. The number of azo groups is 1. The van der Waals surface area contributed by atoms with E-state index >= 15 is 0 Å². The Morgan fingerprint density at radius 3 is 3.00 bits per heavy atom. The lowest BCUT2D eigenvalue weighted by molar-refractivity contribution is -0.129. The second kappa shape index (κ2) is 3.23. The van der Waals surface area contributed by atoms with Crippen molar-refractivity contribution in [3.8, 4) is 0 Å². The normalized spacial score (nSPS) is 29.5. The Morgan fingerprint density at radius 2 is 2.24 bits per heavy atom. The van der Waals surface area contributed by atoms with Crippen LogP contribution in [0.3, 0.4) is 0 Å². The molecule has 0 aromatic heterocycles. The Hall–Kier alpha value is -2.04. The van der Waals surface area contributed by atoms with E-state index in [0.717, 1.165) is 11.3 Å². The van der Waals surface area contributed by atoms with Gasteiger partial charge in [-0.3, -0.25) is 9.59 Å². The molecule has 0 saturated heterocycles. The smallest absolute Gasteiger partial charge is 0.259 e. The van der Waals surface area contributed by atoms with Crippen LogP contribution in [0.5, 0.6) is 0 Å². The number of Topliss-reactive ketones (excluding diaryl/α,β-unsaturated/α-hetero) is 1. The molecule has 1 aromatic rings. The number of carbonyl (C=O) groups is 2. The van der Waals surface area contributed by atoms with Gasteiger partial charge in [0.15, 0.2) is 5.54 Å². The number of benzene rings is 1. The van der Waals surface area contributed by atoms with Crippen LogP contribution in [0, 0.1) is 5.92 Å². The molecule has 2 unspecified atom stereocenters. The minimum Gasteiger partial charge on any atom is -0.323 e. The van der Waals surface area contributed by atoms with E-state index in [0.29, 0.717) is 0 Å². The largest absolute Gasteiger partial charge is 0.323 e. The number of nitrogens with zero attached hydrogens (tertiary/aromatic N) is 2. The van der Waals surface area contributed by atoms with Crippen LogP contribution in [0.2, 0.25) is 0 Å². The maximum atomic E-state index is 12.2. The number of rotatable bonds is 1. The summed E-state index contributed by atoms with van der Waals surface area (Å²) < 4.78 is 0. The van der Waals surface area contributed by atoms with Crippen molar-refractivity contribution in [2.24, 2.45) is 16.1 Å². The number of para-hydroxylation sites is 1. The van der Waals surface area contributed by atoms with Crippen molar-refractivity contribution < 1.29 is 9.59 Å². The molecule has 1 aromatic carbocycles. The summed E-state index contributed by atoms with van der Waals surface area (Å²) in [6.07, 6.45) is 0. The number of hydrogen-bond donors (Lipinski definition) is 1. The number of nitrogens with one attached hydrogen (secondary N) is 1. The lowest BCUT2D eigenvalue weighted by atomic mass is 9.78. The second-order valence-corrected chi connectivity index (χ2v) is 4.35. The van der Waals surface area contributed by atoms with Crippen LogP contribution < -0.4 is 5.32 Å². The zero-order valence-corrected chi connectivity index (χ0v) is 9.30. The number of fused-ring (bicyclic) bond motifs is 2. The molecular formula is C12H11N3O2. The Morgan fingerprint density at radius 1 is 1.47 bits per heavy atom. The highest BCUT2D eigenvalue weighted by atomic mass is 16.2. The van der Waals surface area contributed by atoms with Crippen LogP contribution in [0.15, 0.2) is 34.5 Å². The van der Waals surface area contributed by atoms with Gasteiger partial charge in [-0.25, -0.2) is 0 Å². The summed E-state index contributed by atoms with van der Waals surface area (Å²) in [7, 11) is 0. The van der Waals surface area contributed by atoms with Crippen molar-refractivity contribution in [2.45, 2.75) is 12.5 Å². The summed E-state index contributed by atoms with van der Waals surface area (Å²) in [6, 6.07) is 7.32. The molecule has 2 aliphatic rings. The molecule has 2 atom stereocenters. The monoisotopic (exact) mass is 229 g/mol. The Kier molecular flexibility index (Phi) is 1.92. The van der Waals surface area contributed by atoms with E-state index in [2.05, 4.69) is 15.5 Å². The number of amides is 1. The van der Waals surface area contributed by atoms with E-state index in [4.69, 9.17) is 0 Å². The van der Waals surface area contributed by atoms with Crippen molar-refractivity contribution in [1.29, 1.82) is 0 Å². The van der Waals surface area contributed by atoms with Crippen molar-refractivity contribution in [3.05, 3.63) is 29.8 Å². The molecular weight excluding hydrogens is 218 g/mol. The van der Waals surface area contributed by atoms with Gasteiger partial charge in [-0.05, 0) is 13.0 Å². The number of ketones is 1. The third-order valence-electron chi connectivity index (χ3n) is 3.42. The Balaban J connectivity index is 2.22. The highest BCUT2D eigenvalue weighted by molar-refractivity contribution is 6.09. The summed E-state index contributed by atoms with van der Waals surface area (Å²) in [4.78, 5) is 23.8. The van der Waals surface area contributed by atoms with Gasteiger partial charge in [0, 0.05) is 11.3 Å².